The van der Waals surface area contributed by atoms with Gasteiger partial charge in [-0.05, 0) is 42.8 Å². The number of esters is 1. The molecular weight excluding hydrogens is 430 g/mol. The Kier molecular flexibility index (Phi) is 6.73. The first-order valence-electron chi connectivity index (χ1n) is 11.0. The molecule has 0 atom stereocenters. The lowest BCUT2D eigenvalue weighted by Crippen LogP contribution is -2.28. The molecule has 7 heteroatoms. The second-order valence-electron chi connectivity index (χ2n) is 7.77. The molecule has 0 bridgehead atoms. The number of carbonyl (C=O) groups is 3. The highest BCUT2D eigenvalue weighted by molar-refractivity contribution is 6.10. The average molecular weight is 456 g/mol. The smallest absolute Gasteiger partial charge is 0.355 e. The fourth-order valence-electron chi connectivity index (χ4n) is 3.93. The highest BCUT2D eigenvalue weighted by Crippen LogP contribution is 2.30. The van der Waals surface area contributed by atoms with Crippen LogP contribution < -0.4 is 10.6 Å². The van der Waals surface area contributed by atoms with Crippen LogP contribution in [0.25, 0.3) is 27.9 Å². The van der Waals surface area contributed by atoms with E-state index in [1.54, 1.807) is 12.1 Å². The molecule has 0 saturated carbocycles. The number of para-hydroxylation sites is 1. The quantitative estimate of drug-likeness (QED) is 0.318. The third-order valence-electron chi connectivity index (χ3n) is 5.35. The van der Waals surface area contributed by atoms with E-state index in [0.717, 1.165) is 28.4 Å². The molecule has 0 radical (unpaired) electrons. The fourth-order valence-corrected chi connectivity index (χ4v) is 3.93. The minimum absolute atomic E-state index is 0.0414. The maximum atomic E-state index is 12.5. The van der Waals surface area contributed by atoms with Crippen molar-refractivity contribution in [2.45, 2.75) is 20.4 Å². The monoisotopic (exact) mass is 455 g/mol. The highest BCUT2D eigenvalue weighted by atomic mass is 16.5. The third kappa shape index (κ3) is 4.99. The second-order valence-corrected chi connectivity index (χ2v) is 7.77. The predicted octanol–water partition coefficient (Wildman–Crippen LogP) is 4.47. The summed E-state index contributed by atoms with van der Waals surface area (Å²) in [6.45, 7) is 3.74. The molecule has 0 aliphatic carbocycles. The van der Waals surface area contributed by atoms with Gasteiger partial charge < -0.3 is 19.9 Å². The number of rotatable bonds is 7. The summed E-state index contributed by atoms with van der Waals surface area (Å²) >= 11 is 0. The van der Waals surface area contributed by atoms with Crippen molar-refractivity contribution in [1.82, 2.24) is 9.88 Å². The number of benzene rings is 3. The first kappa shape index (κ1) is 22.8. The Balaban J connectivity index is 1.47. The molecule has 7 nitrogen and oxygen atoms in total. The SMILES string of the molecule is CCn1c2ccccc2c2cc(NC(=O)COC(=O)C(=Cc3ccccc3)NC(C)=O)ccc21. The Bertz CT molecular complexity index is 1400. The van der Waals surface area contributed by atoms with Crippen LogP contribution in [-0.4, -0.2) is 29.0 Å². The molecule has 0 saturated heterocycles. The van der Waals surface area contributed by atoms with Gasteiger partial charge in [0.2, 0.25) is 5.91 Å². The molecule has 0 unspecified atom stereocenters. The van der Waals surface area contributed by atoms with Crippen molar-refractivity contribution >= 4 is 51.4 Å². The molecule has 4 aromatic rings. The number of nitrogens with zero attached hydrogens (tertiary/aromatic N) is 1. The normalized spacial score (nSPS) is 11.4. The van der Waals surface area contributed by atoms with E-state index < -0.39 is 24.4 Å². The van der Waals surface area contributed by atoms with Gasteiger partial charge in [0.05, 0.1) is 0 Å². The molecule has 2 N–H and O–H groups in total. The van der Waals surface area contributed by atoms with E-state index in [9.17, 15) is 14.4 Å². The van der Waals surface area contributed by atoms with Crippen molar-refractivity contribution < 1.29 is 19.1 Å². The Morgan fingerprint density at radius 1 is 0.912 bits per heavy atom. The van der Waals surface area contributed by atoms with Gasteiger partial charge in [0.1, 0.15) is 5.70 Å². The average Bonchev–Trinajstić information content (AvgIpc) is 3.15. The van der Waals surface area contributed by atoms with Gasteiger partial charge in [-0.2, -0.15) is 0 Å². The van der Waals surface area contributed by atoms with Crippen LogP contribution in [0.1, 0.15) is 19.4 Å². The molecule has 3 aromatic carbocycles. The van der Waals surface area contributed by atoms with Gasteiger partial charge in [0.15, 0.2) is 6.61 Å². The number of carbonyl (C=O) groups excluding carboxylic acids is 3. The van der Waals surface area contributed by atoms with Crippen LogP contribution >= 0.6 is 0 Å². The van der Waals surface area contributed by atoms with E-state index >= 15 is 0 Å². The van der Waals surface area contributed by atoms with E-state index in [1.807, 2.05) is 48.5 Å². The first-order chi connectivity index (χ1) is 16.5. The van der Waals surface area contributed by atoms with Gasteiger partial charge in [0.25, 0.3) is 5.91 Å². The van der Waals surface area contributed by atoms with Crippen LogP contribution in [0.3, 0.4) is 0 Å². The second kappa shape index (κ2) is 10.0. The largest absolute Gasteiger partial charge is 0.451 e. The predicted molar refractivity (Wildman–Crippen MR) is 133 cm³/mol. The minimum atomic E-state index is -0.796. The van der Waals surface area contributed by atoms with Crippen LogP contribution in [0.2, 0.25) is 0 Å². The summed E-state index contributed by atoms with van der Waals surface area (Å²) in [5, 5.41) is 7.38. The highest BCUT2D eigenvalue weighted by Gasteiger charge is 2.16. The third-order valence-corrected chi connectivity index (χ3v) is 5.35. The molecule has 0 aliphatic rings. The standard InChI is InChI=1S/C27H25N3O4/c1-3-30-24-12-8-7-11-21(24)22-16-20(13-14-25(22)30)29-26(32)17-34-27(33)23(28-18(2)31)15-19-9-5-4-6-10-19/h4-16H,3,17H2,1-2H3,(H,28,31)(H,29,32). The molecule has 2 amide bonds. The molecule has 0 aliphatic heterocycles. The molecule has 34 heavy (non-hydrogen) atoms. The maximum absolute atomic E-state index is 12.5. The molecule has 4 rings (SSSR count). The van der Waals surface area contributed by atoms with Crippen LogP contribution in [0.15, 0.2) is 78.5 Å². The van der Waals surface area contributed by atoms with Crippen LogP contribution in [0, 0.1) is 0 Å². The molecule has 0 fully saturated rings. The van der Waals surface area contributed by atoms with Crippen molar-refractivity contribution in [2.75, 3.05) is 11.9 Å². The summed E-state index contributed by atoms with van der Waals surface area (Å²) in [6.07, 6.45) is 1.50. The number of nitrogens with one attached hydrogen (secondary N) is 2. The Morgan fingerprint density at radius 3 is 2.35 bits per heavy atom. The van der Waals surface area contributed by atoms with Gasteiger partial charge in [-0.15, -0.1) is 0 Å². The van der Waals surface area contributed by atoms with E-state index in [4.69, 9.17) is 4.74 Å². The lowest BCUT2D eigenvalue weighted by Gasteiger charge is -2.10. The Morgan fingerprint density at radius 2 is 1.62 bits per heavy atom. The van der Waals surface area contributed by atoms with Crippen molar-refractivity contribution in [3.05, 3.63) is 84.1 Å². The van der Waals surface area contributed by atoms with E-state index in [0.29, 0.717) is 11.3 Å². The summed E-state index contributed by atoms with van der Waals surface area (Å²) in [4.78, 5) is 36.5. The Labute approximate surface area is 197 Å². The summed E-state index contributed by atoms with van der Waals surface area (Å²) < 4.78 is 7.38. The van der Waals surface area contributed by atoms with Gasteiger partial charge >= 0.3 is 5.97 Å². The van der Waals surface area contributed by atoms with E-state index in [-0.39, 0.29) is 5.70 Å². The minimum Gasteiger partial charge on any atom is -0.451 e. The molecule has 0 spiro atoms. The zero-order chi connectivity index (χ0) is 24.1. The van der Waals surface area contributed by atoms with Crippen LogP contribution in [0.5, 0.6) is 0 Å². The van der Waals surface area contributed by atoms with Gasteiger partial charge in [-0.1, -0.05) is 48.5 Å². The maximum Gasteiger partial charge on any atom is 0.355 e. The van der Waals surface area contributed by atoms with Crippen molar-refractivity contribution in [3.63, 3.8) is 0 Å². The van der Waals surface area contributed by atoms with E-state index in [2.05, 4.69) is 34.3 Å². The zero-order valence-corrected chi connectivity index (χ0v) is 19.0. The molecule has 172 valence electrons. The van der Waals surface area contributed by atoms with Crippen LogP contribution in [-0.2, 0) is 25.7 Å². The first-order valence-corrected chi connectivity index (χ1v) is 11.0. The number of amides is 2. The number of aromatic nitrogens is 1. The fraction of sp³-hybridized carbons (Fsp3) is 0.148. The molecular formula is C27H25N3O4. The van der Waals surface area contributed by atoms with Crippen molar-refractivity contribution in [1.29, 1.82) is 0 Å². The number of hydrogen-bond donors (Lipinski definition) is 2. The van der Waals surface area contributed by atoms with Gasteiger partial charge in [-0.25, -0.2) is 4.79 Å². The summed E-state index contributed by atoms with van der Waals surface area (Å²) in [7, 11) is 0. The topological polar surface area (TPSA) is 89.4 Å². The summed E-state index contributed by atoms with van der Waals surface area (Å²) in [5.41, 5.74) is 3.49. The Hall–Kier alpha value is -4.39. The summed E-state index contributed by atoms with van der Waals surface area (Å²) in [6, 6.07) is 22.9. The number of aryl methyl sites for hydroxylation is 1. The number of ether oxygens (including phenoxy) is 1. The van der Waals surface area contributed by atoms with Gasteiger partial charge in [0, 0.05) is 41.0 Å². The zero-order valence-electron chi connectivity index (χ0n) is 19.0. The van der Waals surface area contributed by atoms with E-state index in [1.165, 1.54) is 13.0 Å². The van der Waals surface area contributed by atoms with Gasteiger partial charge in [-0.3, -0.25) is 9.59 Å². The molecule has 1 aromatic heterocycles. The number of fused-ring (bicyclic) bond motifs is 3. The molecule has 1 heterocycles. The summed E-state index contributed by atoms with van der Waals surface area (Å²) in [5.74, 6) is -1.69. The number of hydrogen-bond acceptors (Lipinski definition) is 4. The van der Waals surface area contributed by atoms with Crippen molar-refractivity contribution in [3.8, 4) is 0 Å². The van der Waals surface area contributed by atoms with Crippen LogP contribution in [0.4, 0.5) is 5.69 Å². The lowest BCUT2D eigenvalue weighted by atomic mass is 10.1. The number of anilines is 1. The van der Waals surface area contributed by atoms with Crippen molar-refractivity contribution in [2.24, 2.45) is 0 Å². The lowest BCUT2D eigenvalue weighted by molar-refractivity contribution is -0.144.